The largest absolute Gasteiger partial charge is 0.478 e. The van der Waals surface area contributed by atoms with Gasteiger partial charge in [0.2, 0.25) is 5.89 Å². The van der Waals surface area contributed by atoms with Crippen molar-refractivity contribution in [3.05, 3.63) is 87.9 Å². The summed E-state index contributed by atoms with van der Waals surface area (Å²) in [6.45, 7) is 0.306. The zero-order valence-corrected chi connectivity index (χ0v) is 16.1. The van der Waals surface area contributed by atoms with Crippen molar-refractivity contribution in [1.29, 1.82) is 0 Å². The number of aromatic carboxylic acids is 1. The van der Waals surface area contributed by atoms with Crippen molar-refractivity contribution in [2.75, 3.05) is 0 Å². The number of oxazole rings is 1. The molecule has 4 rings (SSSR count). The number of hydrogen-bond acceptors (Lipinski definition) is 5. The van der Waals surface area contributed by atoms with Crippen LogP contribution in [0.4, 0.5) is 0 Å². The zero-order valence-electron chi connectivity index (χ0n) is 15.3. The SMILES string of the molecule is NCc1ccc(C(=O)O)c(C(N)c2ccc(-c3nc4ccc(Cl)cc4o3)cc2)c1. The van der Waals surface area contributed by atoms with Crippen molar-refractivity contribution in [3.63, 3.8) is 0 Å². The molecule has 0 aliphatic heterocycles. The summed E-state index contributed by atoms with van der Waals surface area (Å²) in [6.07, 6.45) is 0. The second kappa shape index (κ2) is 7.67. The predicted octanol–water partition coefficient (Wildman–Crippen LogP) is 4.35. The van der Waals surface area contributed by atoms with Gasteiger partial charge in [0.1, 0.15) is 5.52 Å². The average Bonchev–Trinajstić information content (AvgIpc) is 3.16. The second-order valence-corrected chi connectivity index (χ2v) is 7.10. The molecule has 5 N–H and O–H groups in total. The topological polar surface area (TPSA) is 115 Å². The minimum absolute atomic E-state index is 0.162. The lowest BCUT2D eigenvalue weighted by Crippen LogP contribution is -2.17. The maximum Gasteiger partial charge on any atom is 0.336 e. The highest BCUT2D eigenvalue weighted by Gasteiger charge is 2.18. The third-order valence-electron chi connectivity index (χ3n) is 4.78. The van der Waals surface area contributed by atoms with Crippen LogP contribution in [0.15, 0.2) is 65.1 Å². The molecular weight excluding hydrogens is 390 g/mol. The number of carbonyl (C=O) groups is 1. The number of carboxylic acids is 1. The van der Waals surface area contributed by atoms with Crippen LogP contribution in [0.1, 0.15) is 33.1 Å². The smallest absolute Gasteiger partial charge is 0.336 e. The molecule has 1 aromatic heterocycles. The van der Waals surface area contributed by atoms with Gasteiger partial charge in [-0.15, -0.1) is 0 Å². The van der Waals surface area contributed by atoms with Gasteiger partial charge in [0.25, 0.3) is 0 Å². The van der Waals surface area contributed by atoms with Gasteiger partial charge in [0.05, 0.1) is 11.6 Å². The van der Waals surface area contributed by atoms with Gasteiger partial charge < -0.3 is 21.0 Å². The maximum absolute atomic E-state index is 11.6. The first-order chi connectivity index (χ1) is 14.0. The van der Waals surface area contributed by atoms with E-state index in [2.05, 4.69) is 4.98 Å². The van der Waals surface area contributed by atoms with Gasteiger partial charge in [0, 0.05) is 23.2 Å². The van der Waals surface area contributed by atoms with E-state index in [1.165, 1.54) is 6.07 Å². The normalized spacial score (nSPS) is 12.2. The van der Waals surface area contributed by atoms with Crippen LogP contribution in [0.3, 0.4) is 0 Å². The van der Waals surface area contributed by atoms with E-state index < -0.39 is 12.0 Å². The summed E-state index contributed by atoms with van der Waals surface area (Å²) in [5.74, 6) is -0.556. The van der Waals surface area contributed by atoms with Crippen molar-refractivity contribution in [1.82, 2.24) is 4.98 Å². The molecule has 1 unspecified atom stereocenters. The molecule has 29 heavy (non-hydrogen) atoms. The molecule has 1 heterocycles. The van der Waals surface area contributed by atoms with Crippen molar-refractivity contribution in [2.45, 2.75) is 12.6 Å². The highest BCUT2D eigenvalue weighted by Crippen LogP contribution is 2.29. The zero-order chi connectivity index (χ0) is 20.5. The lowest BCUT2D eigenvalue weighted by Gasteiger charge is -2.16. The molecule has 0 saturated carbocycles. The first-order valence-electron chi connectivity index (χ1n) is 8.94. The molecule has 1 atom stereocenters. The minimum Gasteiger partial charge on any atom is -0.478 e. The Morgan fingerprint density at radius 3 is 2.55 bits per heavy atom. The summed E-state index contributed by atoms with van der Waals surface area (Å²) >= 11 is 5.99. The molecule has 4 aromatic rings. The number of hydrogen-bond donors (Lipinski definition) is 3. The number of carboxylic acid groups (broad SMARTS) is 1. The maximum atomic E-state index is 11.6. The fourth-order valence-corrected chi connectivity index (χ4v) is 3.39. The van der Waals surface area contributed by atoms with Crippen molar-refractivity contribution in [3.8, 4) is 11.5 Å². The monoisotopic (exact) mass is 407 g/mol. The molecule has 0 amide bonds. The molecule has 0 radical (unpaired) electrons. The number of benzene rings is 3. The molecule has 6 nitrogen and oxygen atoms in total. The summed E-state index contributed by atoms with van der Waals surface area (Å²) in [4.78, 5) is 16.1. The first-order valence-corrected chi connectivity index (χ1v) is 9.32. The van der Waals surface area contributed by atoms with E-state index in [4.69, 9.17) is 27.5 Å². The quantitative estimate of drug-likeness (QED) is 0.453. The number of aromatic nitrogens is 1. The van der Waals surface area contributed by atoms with Gasteiger partial charge in [-0.3, -0.25) is 0 Å². The van der Waals surface area contributed by atoms with Gasteiger partial charge in [-0.25, -0.2) is 9.78 Å². The molecule has 7 heteroatoms. The van der Waals surface area contributed by atoms with E-state index >= 15 is 0 Å². The van der Waals surface area contributed by atoms with Crippen molar-refractivity contribution in [2.24, 2.45) is 11.5 Å². The van der Waals surface area contributed by atoms with Crippen LogP contribution >= 0.6 is 11.6 Å². The van der Waals surface area contributed by atoms with E-state index in [0.29, 0.717) is 28.6 Å². The standard InChI is InChI=1S/C22H18ClN3O3/c23-15-6-8-18-19(10-15)29-21(26-18)14-4-2-13(3-5-14)20(25)17-9-12(11-24)1-7-16(17)22(27)28/h1-10,20H,11,24-25H2,(H,27,28). The van der Waals surface area contributed by atoms with Gasteiger partial charge >= 0.3 is 5.97 Å². The average molecular weight is 408 g/mol. The van der Waals surface area contributed by atoms with E-state index in [9.17, 15) is 9.90 Å². The predicted molar refractivity (Wildman–Crippen MR) is 112 cm³/mol. The lowest BCUT2D eigenvalue weighted by atomic mass is 9.93. The minimum atomic E-state index is -1.03. The molecule has 0 fully saturated rings. The second-order valence-electron chi connectivity index (χ2n) is 6.66. The van der Waals surface area contributed by atoms with Gasteiger partial charge in [0.15, 0.2) is 5.58 Å². The highest BCUT2D eigenvalue weighted by atomic mass is 35.5. The fourth-order valence-electron chi connectivity index (χ4n) is 3.23. The summed E-state index contributed by atoms with van der Waals surface area (Å²) in [7, 11) is 0. The summed E-state index contributed by atoms with van der Waals surface area (Å²) in [5.41, 5.74) is 16.5. The third kappa shape index (κ3) is 3.73. The molecule has 146 valence electrons. The van der Waals surface area contributed by atoms with Crippen molar-refractivity contribution < 1.29 is 14.3 Å². The van der Waals surface area contributed by atoms with E-state index in [1.54, 1.807) is 30.3 Å². The van der Waals surface area contributed by atoms with E-state index in [1.807, 2.05) is 24.3 Å². The van der Waals surface area contributed by atoms with Gasteiger partial charge in [-0.1, -0.05) is 35.9 Å². The van der Waals surface area contributed by atoms with E-state index in [0.717, 1.165) is 22.2 Å². The molecule has 0 aliphatic rings. The molecule has 3 aromatic carbocycles. The summed E-state index contributed by atoms with van der Waals surface area (Å²) < 4.78 is 5.78. The Labute approximate surface area is 171 Å². The van der Waals surface area contributed by atoms with Crippen LogP contribution in [0.2, 0.25) is 5.02 Å². The van der Waals surface area contributed by atoms with Crippen LogP contribution in [0.25, 0.3) is 22.6 Å². The van der Waals surface area contributed by atoms with Crippen LogP contribution in [-0.4, -0.2) is 16.1 Å². The summed E-state index contributed by atoms with van der Waals surface area (Å²) in [6, 6.07) is 17.0. The Kier molecular flexibility index (Phi) is 5.07. The van der Waals surface area contributed by atoms with Crippen LogP contribution < -0.4 is 11.5 Å². The lowest BCUT2D eigenvalue weighted by molar-refractivity contribution is 0.0695. The molecule has 0 saturated heterocycles. The molecule has 0 spiro atoms. The van der Waals surface area contributed by atoms with Gasteiger partial charge in [-0.2, -0.15) is 0 Å². The van der Waals surface area contributed by atoms with Gasteiger partial charge in [-0.05, 0) is 47.0 Å². The van der Waals surface area contributed by atoms with Crippen LogP contribution in [0.5, 0.6) is 0 Å². The summed E-state index contributed by atoms with van der Waals surface area (Å²) in [5, 5.41) is 10.1. The molecule has 0 bridgehead atoms. The van der Waals surface area contributed by atoms with E-state index in [-0.39, 0.29) is 5.56 Å². The third-order valence-corrected chi connectivity index (χ3v) is 5.02. The Hall–Kier alpha value is -3.19. The number of halogens is 1. The van der Waals surface area contributed by atoms with Crippen molar-refractivity contribution >= 4 is 28.7 Å². The highest BCUT2D eigenvalue weighted by molar-refractivity contribution is 6.31. The number of fused-ring (bicyclic) bond motifs is 1. The van der Waals surface area contributed by atoms with Crippen LogP contribution in [-0.2, 0) is 6.54 Å². The molecule has 0 aliphatic carbocycles. The number of nitrogens with two attached hydrogens (primary N) is 2. The number of rotatable bonds is 5. The Balaban J connectivity index is 1.67. The fraction of sp³-hybridized carbons (Fsp3) is 0.0909. The molecular formula is C22H18ClN3O3. The number of nitrogens with zero attached hydrogens (tertiary/aromatic N) is 1. The Bertz CT molecular complexity index is 1200. The Morgan fingerprint density at radius 2 is 1.86 bits per heavy atom. The Morgan fingerprint density at radius 1 is 1.10 bits per heavy atom. The first kappa shape index (κ1) is 19.1. The van der Waals surface area contributed by atoms with Crippen LogP contribution in [0, 0.1) is 0 Å².